The largest absolute Gasteiger partial charge is 0.485 e. The summed E-state index contributed by atoms with van der Waals surface area (Å²) in [7, 11) is 3.88. The van der Waals surface area contributed by atoms with Crippen LogP contribution in [-0.2, 0) is 13.7 Å². The Bertz CT molecular complexity index is 550. The zero-order chi connectivity index (χ0) is 13.8. The van der Waals surface area contributed by atoms with Gasteiger partial charge in [-0.05, 0) is 27.0 Å². The molecule has 102 valence electrons. The van der Waals surface area contributed by atoms with E-state index in [2.05, 4.69) is 28.5 Å². The molecule has 2 aromatic rings. The predicted octanol–water partition coefficient (Wildman–Crippen LogP) is 1.98. The Hall–Kier alpha value is -1.88. The van der Waals surface area contributed by atoms with Crippen LogP contribution in [0.5, 0.6) is 5.75 Å². The molecule has 5 heteroatoms. The van der Waals surface area contributed by atoms with Crippen molar-refractivity contribution in [2.45, 2.75) is 26.5 Å². The van der Waals surface area contributed by atoms with Gasteiger partial charge in [0.25, 0.3) is 0 Å². The number of hydrogen-bond acceptors (Lipinski definition) is 4. The highest BCUT2D eigenvalue weighted by Crippen LogP contribution is 2.25. The van der Waals surface area contributed by atoms with Crippen molar-refractivity contribution in [1.82, 2.24) is 20.1 Å². The van der Waals surface area contributed by atoms with Crippen LogP contribution >= 0.6 is 0 Å². The fraction of sp³-hybridized carbons (Fsp3) is 0.429. The first-order valence-corrected chi connectivity index (χ1v) is 6.37. The van der Waals surface area contributed by atoms with E-state index in [-0.39, 0.29) is 6.04 Å². The van der Waals surface area contributed by atoms with Crippen LogP contribution in [0.2, 0.25) is 0 Å². The van der Waals surface area contributed by atoms with E-state index in [0.29, 0.717) is 6.61 Å². The van der Waals surface area contributed by atoms with Gasteiger partial charge in [-0.15, -0.1) is 10.2 Å². The highest BCUT2D eigenvalue weighted by atomic mass is 16.5. The second-order valence-electron chi connectivity index (χ2n) is 4.56. The number of hydrogen-bond donors (Lipinski definition) is 1. The van der Waals surface area contributed by atoms with Crippen LogP contribution in [0.25, 0.3) is 0 Å². The van der Waals surface area contributed by atoms with E-state index in [1.807, 2.05) is 43.8 Å². The van der Waals surface area contributed by atoms with Crippen LogP contribution in [0.4, 0.5) is 0 Å². The number of ether oxygens (including phenoxy) is 1. The molecule has 19 heavy (non-hydrogen) atoms. The van der Waals surface area contributed by atoms with Gasteiger partial charge in [-0.2, -0.15) is 0 Å². The Kier molecular flexibility index (Phi) is 4.16. The molecule has 0 saturated heterocycles. The molecule has 0 amide bonds. The maximum absolute atomic E-state index is 5.88. The standard InChI is InChI=1S/C14H20N4O/c1-10(15-3)12-7-5-6-8-13(12)19-9-14-17-16-11(2)18(14)4/h5-8,10,15H,9H2,1-4H3. The van der Waals surface area contributed by atoms with E-state index in [1.54, 1.807) is 0 Å². The summed E-state index contributed by atoms with van der Waals surface area (Å²) in [4.78, 5) is 0. The van der Waals surface area contributed by atoms with Gasteiger partial charge >= 0.3 is 0 Å². The van der Waals surface area contributed by atoms with Gasteiger partial charge in [-0.25, -0.2) is 0 Å². The van der Waals surface area contributed by atoms with E-state index in [1.165, 1.54) is 0 Å². The molecular weight excluding hydrogens is 240 g/mol. The molecular formula is C14H20N4O. The van der Waals surface area contributed by atoms with Gasteiger partial charge in [-0.1, -0.05) is 18.2 Å². The molecule has 0 aliphatic heterocycles. The van der Waals surface area contributed by atoms with Crippen LogP contribution in [0.15, 0.2) is 24.3 Å². The zero-order valence-corrected chi connectivity index (χ0v) is 11.8. The average molecular weight is 260 g/mol. The molecule has 0 fully saturated rings. The Morgan fingerprint density at radius 2 is 2.05 bits per heavy atom. The first-order chi connectivity index (χ1) is 9.13. The first kappa shape index (κ1) is 13.5. The molecule has 1 heterocycles. The van der Waals surface area contributed by atoms with Crippen molar-refractivity contribution >= 4 is 0 Å². The van der Waals surface area contributed by atoms with Crippen molar-refractivity contribution in [3.63, 3.8) is 0 Å². The summed E-state index contributed by atoms with van der Waals surface area (Å²) < 4.78 is 7.81. The van der Waals surface area contributed by atoms with Gasteiger partial charge in [0.05, 0.1) is 0 Å². The predicted molar refractivity (Wildman–Crippen MR) is 74.0 cm³/mol. The third-order valence-corrected chi connectivity index (χ3v) is 3.36. The summed E-state index contributed by atoms with van der Waals surface area (Å²) >= 11 is 0. The lowest BCUT2D eigenvalue weighted by Crippen LogP contribution is -2.14. The van der Waals surface area contributed by atoms with E-state index < -0.39 is 0 Å². The number of aromatic nitrogens is 3. The summed E-state index contributed by atoms with van der Waals surface area (Å²) in [5.41, 5.74) is 1.14. The lowest BCUT2D eigenvalue weighted by Gasteiger charge is -2.16. The van der Waals surface area contributed by atoms with E-state index in [4.69, 9.17) is 4.74 Å². The number of rotatable bonds is 5. The highest BCUT2D eigenvalue weighted by molar-refractivity contribution is 5.35. The number of aryl methyl sites for hydroxylation is 1. The molecule has 1 N–H and O–H groups in total. The van der Waals surface area contributed by atoms with Crippen molar-refractivity contribution in [1.29, 1.82) is 0 Å². The van der Waals surface area contributed by atoms with Crippen molar-refractivity contribution in [2.75, 3.05) is 7.05 Å². The van der Waals surface area contributed by atoms with Gasteiger partial charge in [0, 0.05) is 18.7 Å². The molecule has 1 unspecified atom stereocenters. The zero-order valence-electron chi connectivity index (χ0n) is 11.8. The van der Waals surface area contributed by atoms with Crippen molar-refractivity contribution in [3.05, 3.63) is 41.5 Å². The van der Waals surface area contributed by atoms with Crippen molar-refractivity contribution in [3.8, 4) is 5.75 Å². The molecule has 0 spiro atoms. The minimum absolute atomic E-state index is 0.248. The van der Waals surface area contributed by atoms with Gasteiger partial charge in [0.2, 0.25) is 0 Å². The summed E-state index contributed by atoms with van der Waals surface area (Å²) in [6.45, 7) is 4.45. The molecule has 1 aromatic heterocycles. The summed E-state index contributed by atoms with van der Waals surface area (Å²) in [5.74, 6) is 2.59. The molecule has 0 saturated carbocycles. The lowest BCUT2D eigenvalue weighted by molar-refractivity contribution is 0.285. The molecule has 0 bridgehead atoms. The molecule has 5 nitrogen and oxygen atoms in total. The van der Waals surface area contributed by atoms with Gasteiger partial charge in [-0.3, -0.25) is 0 Å². The Morgan fingerprint density at radius 1 is 1.32 bits per heavy atom. The van der Waals surface area contributed by atoms with Gasteiger partial charge in [0.1, 0.15) is 18.2 Å². The number of benzene rings is 1. The maximum atomic E-state index is 5.88. The van der Waals surface area contributed by atoms with Crippen LogP contribution < -0.4 is 10.1 Å². The van der Waals surface area contributed by atoms with Crippen molar-refractivity contribution in [2.24, 2.45) is 7.05 Å². The van der Waals surface area contributed by atoms with Crippen LogP contribution in [0.3, 0.4) is 0 Å². The summed E-state index contributed by atoms with van der Waals surface area (Å²) in [6.07, 6.45) is 0. The van der Waals surface area contributed by atoms with Crippen LogP contribution in [-0.4, -0.2) is 21.8 Å². The SMILES string of the molecule is CNC(C)c1ccccc1OCc1nnc(C)n1C. The lowest BCUT2D eigenvalue weighted by atomic mass is 10.1. The average Bonchev–Trinajstić information content (AvgIpc) is 2.76. The molecule has 2 rings (SSSR count). The quantitative estimate of drug-likeness (QED) is 0.893. The first-order valence-electron chi connectivity index (χ1n) is 6.37. The topological polar surface area (TPSA) is 52.0 Å². The minimum Gasteiger partial charge on any atom is -0.485 e. The highest BCUT2D eigenvalue weighted by Gasteiger charge is 2.11. The molecule has 0 aliphatic rings. The summed E-state index contributed by atoms with van der Waals surface area (Å²) in [5, 5.41) is 11.3. The van der Waals surface area contributed by atoms with Crippen molar-refractivity contribution < 1.29 is 4.74 Å². The van der Waals surface area contributed by atoms with Crippen LogP contribution in [0.1, 0.15) is 30.2 Å². The molecule has 0 radical (unpaired) electrons. The number of para-hydroxylation sites is 1. The van der Waals surface area contributed by atoms with E-state index in [9.17, 15) is 0 Å². The van der Waals surface area contributed by atoms with Crippen LogP contribution in [0, 0.1) is 6.92 Å². The maximum Gasteiger partial charge on any atom is 0.170 e. The monoisotopic (exact) mass is 260 g/mol. The van der Waals surface area contributed by atoms with Gasteiger partial charge in [0.15, 0.2) is 5.82 Å². The Morgan fingerprint density at radius 3 is 2.68 bits per heavy atom. The van der Waals surface area contributed by atoms with E-state index in [0.717, 1.165) is 23.0 Å². The number of nitrogens with zero attached hydrogens (tertiary/aromatic N) is 3. The smallest absolute Gasteiger partial charge is 0.170 e. The second kappa shape index (κ2) is 5.84. The minimum atomic E-state index is 0.248. The number of nitrogens with one attached hydrogen (secondary N) is 1. The fourth-order valence-electron chi connectivity index (χ4n) is 1.84. The van der Waals surface area contributed by atoms with E-state index >= 15 is 0 Å². The third-order valence-electron chi connectivity index (χ3n) is 3.36. The van der Waals surface area contributed by atoms with Gasteiger partial charge < -0.3 is 14.6 Å². The normalized spacial score (nSPS) is 12.4. The second-order valence-corrected chi connectivity index (χ2v) is 4.56. The molecule has 1 aromatic carbocycles. The summed E-state index contributed by atoms with van der Waals surface area (Å²) in [6, 6.07) is 8.29. The Balaban J connectivity index is 2.13. The third kappa shape index (κ3) is 2.93. The Labute approximate surface area is 113 Å². The molecule has 0 aliphatic carbocycles. The fourth-order valence-corrected chi connectivity index (χ4v) is 1.84. The molecule has 1 atom stereocenters.